The number of halogens is 12. The maximum absolute atomic E-state index is 14.6. The van der Waals surface area contributed by atoms with Gasteiger partial charge >= 0.3 is 24.7 Å². The molecule has 2 heterocycles. The minimum Gasteiger partial charge on any atom is -0.309 e. The van der Waals surface area contributed by atoms with Gasteiger partial charge in [-0.3, -0.25) is 0 Å². The van der Waals surface area contributed by atoms with E-state index in [-0.39, 0.29) is 78.1 Å². The second-order valence-electron chi connectivity index (χ2n) is 20.5. The fourth-order valence-electron chi connectivity index (χ4n) is 11.2. The Morgan fingerprint density at radius 2 is 0.562 bits per heavy atom. The molecule has 0 aliphatic carbocycles. The summed E-state index contributed by atoms with van der Waals surface area (Å²) in [5.41, 5.74) is -1.47. The minimum absolute atomic E-state index is 0.0251. The van der Waals surface area contributed by atoms with Crippen molar-refractivity contribution in [3.8, 4) is 79.1 Å². The standard InChI is InChI=1S/C66H34F12N4.C4H8.C3H6/c67-63(68,69)55-13-5-1-9-45(55)37-19-25-49-50-26-20-38(46-10-2-6-14-56(46)64(70,71)72)30-60(50)81(59(49)29-37)43-23-17-41(35-79)53(33-43)54-34-44(24-18-42(54)36-80)82-61-31-39(47-11-3-7-15-57(47)65(73,74)75)21-27-51(61)52-28-22-40(32-62(52)82)48-12-4-8-16-58(48)66(76,77)78;1-3-4-2;1-3-2/h1-34H;3-4H,1-2H3;3H,1H2,2H3/b;4-3-;. The Morgan fingerprint density at radius 3 is 0.775 bits per heavy atom. The third kappa shape index (κ3) is 11.9. The van der Waals surface area contributed by atoms with Crippen molar-refractivity contribution in [2.75, 3.05) is 0 Å². The molecule has 0 radical (unpaired) electrons. The van der Waals surface area contributed by atoms with Crippen LogP contribution in [-0.4, -0.2) is 9.13 Å². The highest BCUT2D eigenvalue weighted by atomic mass is 19.4. The Balaban J connectivity index is 0.00000119. The van der Waals surface area contributed by atoms with Crippen LogP contribution in [0.1, 0.15) is 54.2 Å². The molecule has 89 heavy (non-hydrogen) atoms. The molecule has 0 amide bonds. The van der Waals surface area contributed by atoms with Gasteiger partial charge in [-0.1, -0.05) is 140 Å². The molecule has 2 aromatic heterocycles. The van der Waals surface area contributed by atoms with Crippen LogP contribution < -0.4 is 0 Å². The summed E-state index contributed by atoms with van der Waals surface area (Å²) in [6.07, 6.45) is -13.3. The van der Waals surface area contributed by atoms with Crippen LogP contribution in [0.4, 0.5) is 52.7 Å². The lowest BCUT2D eigenvalue weighted by Crippen LogP contribution is -2.07. The molecule has 0 saturated carbocycles. The Hall–Kier alpha value is -10.6. The number of hydrogen-bond acceptors (Lipinski definition) is 2. The lowest BCUT2D eigenvalue weighted by atomic mass is 9.94. The molecule has 0 bridgehead atoms. The lowest BCUT2D eigenvalue weighted by molar-refractivity contribution is -0.137. The Bertz CT molecular complexity index is 4290. The van der Waals surface area contributed by atoms with Crippen LogP contribution in [0, 0.1) is 22.7 Å². The molecule has 0 unspecified atom stereocenters. The van der Waals surface area contributed by atoms with E-state index in [4.69, 9.17) is 0 Å². The SMILES string of the molecule is C/C=C\C.C=CC.N#Cc1ccc(-n2c3cc(-c4ccccc4C(F)(F)F)ccc3c3ccc(-c4ccccc4C(F)(F)F)cc32)cc1-c1cc(-n2c3cc(-c4ccccc4C(F)(F)F)ccc3c3ccc(-c4ccccc4C(F)(F)F)cc32)ccc1C#N. The van der Waals surface area contributed by atoms with Crippen molar-refractivity contribution < 1.29 is 52.7 Å². The molecule has 0 atom stereocenters. The highest BCUT2D eigenvalue weighted by molar-refractivity contribution is 6.13. The molecule has 10 aromatic carbocycles. The predicted molar refractivity (Wildman–Crippen MR) is 328 cm³/mol. The number of hydrogen-bond donors (Lipinski definition) is 0. The third-order valence-corrected chi connectivity index (χ3v) is 15.1. The number of rotatable bonds is 7. The first-order valence-electron chi connectivity index (χ1n) is 27.5. The lowest BCUT2D eigenvalue weighted by Gasteiger charge is -2.17. The summed E-state index contributed by atoms with van der Waals surface area (Å²) >= 11 is 0. The first-order valence-corrected chi connectivity index (χ1v) is 27.5. The maximum Gasteiger partial charge on any atom is 0.417 e. The van der Waals surface area contributed by atoms with E-state index in [1.165, 1.54) is 133 Å². The van der Waals surface area contributed by atoms with Crippen LogP contribution in [0.2, 0.25) is 0 Å². The maximum atomic E-state index is 14.6. The van der Waals surface area contributed by atoms with Crippen LogP contribution in [0.25, 0.3) is 111 Å². The van der Waals surface area contributed by atoms with Gasteiger partial charge in [-0.05, 0) is 150 Å². The van der Waals surface area contributed by atoms with Crippen molar-refractivity contribution in [2.45, 2.75) is 45.5 Å². The molecule has 16 heteroatoms. The van der Waals surface area contributed by atoms with Gasteiger partial charge < -0.3 is 9.13 Å². The van der Waals surface area contributed by atoms with Gasteiger partial charge in [0, 0.05) is 44.0 Å². The van der Waals surface area contributed by atoms with Crippen LogP contribution in [0.15, 0.2) is 231 Å². The van der Waals surface area contributed by atoms with Crippen LogP contribution in [0.5, 0.6) is 0 Å². The number of nitrogens with zero attached hydrogens (tertiary/aromatic N) is 4. The molecule has 4 nitrogen and oxygen atoms in total. The molecule has 0 fully saturated rings. The van der Waals surface area contributed by atoms with Crippen molar-refractivity contribution in [3.63, 3.8) is 0 Å². The Kier molecular flexibility index (Phi) is 16.8. The number of fused-ring (bicyclic) bond motifs is 6. The van der Waals surface area contributed by atoms with Gasteiger partial charge in [0.15, 0.2) is 0 Å². The van der Waals surface area contributed by atoms with E-state index in [0.29, 0.717) is 43.6 Å². The van der Waals surface area contributed by atoms with E-state index in [1.807, 2.05) is 32.9 Å². The molecule has 0 spiro atoms. The summed E-state index contributed by atoms with van der Waals surface area (Å²) in [5, 5.41) is 23.6. The zero-order chi connectivity index (χ0) is 63.7. The van der Waals surface area contributed by atoms with Gasteiger partial charge in [-0.2, -0.15) is 63.2 Å². The molecule has 12 rings (SSSR count). The van der Waals surface area contributed by atoms with E-state index in [2.05, 4.69) is 18.7 Å². The summed E-state index contributed by atoms with van der Waals surface area (Å²) in [6, 6.07) is 52.1. The normalized spacial score (nSPS) is 12.0. The Morgan fingerprint density at radius 1 is 0.326 bits per heavy atom. The molecule has 0 aliphatic rings. The topological polar surface area (TPSA) is 57.4 Å². The first-order chi connectivity index (χ1) is 42.4. The van der Waals surface area contributed by atoms with Gasteiger partial charge in [0.2, 0.25) is 0 Å². The molecule has 0 aliphatic heterocycles. The van der Waals surface area contributed by atoms with Crippen LogP contribution in [-0.2, 0) is 24.7 Å². The molecule has 0 N–H and O–H groups in total. The van der Waals surface area contributed by atoms with Crippen molar-refractivity contribution in [1.82, 2.24) is 9.13 Å². The second-order valence-corrected chi connectivity index (χ2v) is 20.5. The molecular formula is C73H48F12N4. The summed E-state index contributed by atoms with van der Waals surface area (Å²) < 4.78 is 178. The van der Waals surface area contributed by atoms with Gasteiger partial charge in [0.05, 0.1) is 67.6 Å². The smallest absolute Gasteiger partial charge is 0.309 e. The first kappa shape index (κ1) is 61.5. The van der Waals surface area contributed by atoms with E-state index in [0.717, 1.165) is 24.3 Å². The number of allylic oxidation sites excluding steroid dienone is 3. The monoisotopic (exact) mass is 1210 g/mol. The Labute approximate surface area is 503 Å². The summed E-state index contributed by atoms with van der Waals surface area (Å²) in [7, 11) is 0. The molecule has 0 saturated heterocycles. The van der Waals surface area contributed by atoms with Crippen molar-refractivity contribution in [1.29, 1.82) is 10.5 Å². The van der Waals surface area contributed by atoms with E-state index < -0.39 is 47.0 Å². The largest absolute Gasteiger partial charge is 0.417 e. The second kappa shape index (κ2) is 24.3. The summed E-state index contributed by atoms with van der Waals surface area (Å²) in [5.74, 6) is 0. The van der Waals surface area contributed by atoms with Gasteiger partial charge in [-0.15, -0.1) is 6.58 Å². The van der Waals surface area contributed by atoms with Crippen LogP contribution >= 0.6 is 0 Å². The number of aromatic nitrogens is 2. The van der Waals surface area contributed by atoms with Crippen molar-refractivity contribution >= 4 is 43.6 Å². The molecule has 444 valence electrons. The van der Waals surface area contributed by atoms with Gasteiger partial charge in [0.25, 0.3) is 0 Å². The summed E-state index contributed by atoms with van der Waals surface area (Å²) in [4.78, 5) is 0. The number of alkyl halides is 12. The fraction of sp³-hybridized carbons (Fsp3) is 0.0959. The predicted octanol–water partition coefficient (Wildman–Crippen LogP) is 22.8. The van der Waals surface area contributed by atoms with E-state index in [1.54, 1.807) is 63.7 Å². The number of benzene rings is 10. The fourth-order valence-corrected chi connectivity index (χ4v) is 11.2. The van der Waals surface area contributed by atoms with Gasteiger partial charge in [-0.25, -0.2) is 0 Å². The average molecular weight is 1210 g/mol. The minimum atomic E-state index is -4.76. The zero-order valence-corrected chi connectivity index (χ0v) is 47.4. The van der Waals surface area contributed by atoms with Crippen LogP contribution in [0.3, 0.4) is 0 Å². The van der Waals surface area contributed by atoms with Crippen molar-refractivity contribution in [2.24, 2.45) is 0 Å². The quantitative estimate of drug-likeness (QED) is 0.118. The summed E-state index contributed by atoms with van der Waals surface area (Å²) in [6.45, 7) is 9.25. The molecular weight excluding hydrogens is 1160 g/mol. The third-order valence-electron chi connectivity index (χ3n) is 15.1. The highest BCUT2D eigenvalue weighted by Gasteiger charge is 2.37. The van der Waals surface area contributed by atoms with E-state index in [9.17, 15) is 63.2 Å². The van der Waals surface area contributed by atoms with E-state index >= 15 is 0 Å². The van der Waals surface area contributed by atoms with Crippen molar-refractivity contribution in [3.05, 3.63) is 264 Å². The average Bonchev–Trinajstić information content (AvgIpc) is 1.60. The molecule has 12 aromatic rings. The zero-order valence-electron chi connectivity index (χ0n) is 47.4. The van der Waals surface area contributed by atoms with Gasteiger partial charge in [0.1, 0.15) is 0 Å². The highest BCUT2D eigenvalue weighted by Crippen LogP contribution is 2.46. The number of nitriles is 2.